The first-order chi connectivity index (χ1) is 7.95. The lowest BCUT2D eigenvalue weighted by Gasteiger charge is -2.12. The molecule has 0 aliphatic heterocycles. The number of hydrogen-bond donors (Lipinski definition) is 3. The van der Waals surface area contributed by atoms with Crippen LogP contribution in [0.2, 0.25) is 0 Å². The zero-order valence-corrected chi connectivity index (χ0v) is 10.7. The standard InChI is InChI=1S/C11H12BrNO4/c1-2-8(11(16)17)13-10(15)7-4-3-6(12)5-9(7)14/h3-5,8,14H,2H2,1H3,(H,13,15)(H,16,17)/t8-/m1/s1. The molecule has 5 nitrogen and oxygen atoms in total. The van der Waals surface area contributed by atoms with Crippen LogP contribution in [0.1, 0.15) is 23.7 Å². The fourth-order valence-electron chi connectivity index (χ4n) is 1.27. The molecule has 1 aromatic rings. The van der Waals surface area contributed by atoms with Gasteiger partial charge in [0.25, 0.3) is 5.91 Å². The molecule has 0 spiro atoms. The molecule has 3 N–H and O–H groups in total. The first kappa shape index (κ1) is 13.5. The van der Waals surface area contributed by atoms with Gasteiger partial charge in [-0.25, -0.2) is 4.79 Å². The van der Waals surface area contributed by atoms with Crippen LogP contribution in [0.4, 0.5) is 0 Å². The monoisotopic (exact) mass is 301 g/mol. The van der Waals surface area contributed by atoms with Crippen molar-refractivity contribution in [3.05, 3.63) is 28.2 Å². The number of hydrogen-bond acceptors (Lipinski definition) is 3. The second-order valence-corrected chi connectivity index (χ2v) is 4.35. The molecule has 1 rings (SSSR count). The van der Waals surface area contributed by atoms with E-state index in [9.17, 15) is 14.7 Å². The molecular formula is C11H12BrNO4. The number of halogens is 1. The topological polar surface area (TPSA) is 86.6 Å². The Bertz CT molecular complexity index is 447. The van der Waals surface area contributed by atoms with Crippen molar-refractivity contribution in [2.24, 2.45) is 0 Å². The molecule has 0 saturated carbocycles. The van der Waals surface area contributed by atoms with E-state index in [2.05, 4.69) is 21.2 Å². The highest BCUT2D eigenvalue weighted by Crippen LogP contribution is 2.22. The van der Waals surface area contributed by atoms with Crippen LogP contribution < -0.4 is 5.32 Å². The van der Waals surface area contributed by atoms with E-state index in [0.717, 1.165) is 0 Å². The third-order valence-corrected chi connectivity index (χ3v) is 2.71. The van der Waals surface area contributed by atoms with E-state index in [1.165, 1.54) is 12.1 Å². The highest BCUT2D eigenvalue weighted by atomic mass is 79.9. The van der Waals surface area contributed by atoms with Crippen molar-refractivity contribution in [3.63, 3.8) is 0 Å². The Morgan fingerprint density at radius 1 is 1.47 bits per heavy atom. The van der Waals surface area contributed by atoms with Crippen LogP contribution in [0.3, 0.4) is 0 Å². The molecule has 17 heavy (non-hydrogen) atoms. The van der Waals surface area contributed by atoms with Gasteiger partial charge in [-0.3, -0.25) is 4.79 Å². The number of phenols is 1. The van der Waals surface area contributed by atoms with Crippen LogP contribution >= 0.6 is 15.9 Å². The normalized spacial score (nSPS) is 11.9. The third-order valence-electron chi connectivity index (χ3n) is 2.22. The maximum absolute atomic E-state index is 11.7. The first-order valence-corrected chi connectivity index (χ1v) is 5.77. The fraction of sp³-hybridized carbons (Fsp3) is 0.273. The zero-order chi connectivity index (χ0) is 13.0. The van der Waals surface area contributed by atoms with E-state index in [-0.39, 0.29) is 17.7 Å². The average molecular weight is 302 g/mol. The Hall–Kier alpha value is -1.56. The van der Waals surface area contributed by atoms with Crippen molar-refractivity contribution in [3.8, 4) is 5.75 Å². The summed E-state index contributed by atoms with van der Waals surface area (Å²) in [6.45, 7) is 1.65. The molecule has 1 aromatic carbocycles. The Kier molecular flexibility index (Phi) is 4.51. The smallest absolute Gasteiger partial charge is 0.326 e. The van der Waals surface area contributed by atoms with Crippen molar-refractivity contribution in [2.45, 2.75) is 19.4 Å². The van der Waals surface area contributed by atoms with Crippen molar-refractivity contribution in [2.75, 3.05) is 0 Å². The summed E-state index contributed by atoms with van der Waals surface area (Å²) in [5.74, 6) is -1.90. The Labute approximate surface area is 107 Å². The number of aliphatic carboxylic acids is 1. The molecular weight excluding hydrogens is 290 g/mol. The molecule has 6 heteroatoms. The van der Waals surface area contributed by atoms with E-state index in [4.69, 9.17) is 5.11 Å². The van der Waals surface area contributed by atoms with Gasteiger partial charge >= 0.3 is 5.97 Å². The van der Waals surface area contributed by atoms with Gasteiger partial charge in [0.2, 0.25) is 0 Å². The quantitative estimate of drug-likeness (QED) is 0.791. The van der Waals surface area contributed by atoms with Crippen molar-refractivity contribution < 1.29 is 19.8 Å². The molecule has 0 heterocycles. The molecule has 0 radical (unpaired) electrons. The molecule has 1 amide bonds. The largest absolute Gasteiger partial charge is 0.507 e. The second kappa shape index (κ2) is 5.67. The van der Waals surface area contributed by atoms with Crippen molar-refractivity contribution in [1.29, 1.82) is 0 Å². The molecule has 0 unspecified atom stereocenters. The van der Waals surface area contributed by atoms with Gasteiger partial charge in [0, 0.05) is 4.47 Å². The van der Waals surface area contributed by atoms with Gasteiger partial charge in [0.15, 0.2) is 0 Å². The van der Waals surface area contributed by atoms with Crippen LogP contribution in [0.15, 0.2) is 22.7 Å². The summed E-state index contributed by atoms with van der Waals surface area (Å²) in [4.78, 5) is 22.5. The highest BCUT2D eigenvalue weighted by Gasteiger charge is 2.20. The van der Waals surface area contributed by atoms with Gasteiger partial charge in [0.05, 0.1) is 5.56 Å². The number of benzene rings is 1. The minimum absolute atomic E-state index is 0.0490. The maximum atomic E-state index is 11.7. The van der Waals surface area contributed by atoms with Gasteiger partial charge in [0.1, 0.15) is 11.8 Å². The van der Waals surface area contributed by atoms with E-state index < -0.39 is 17.9 Å². The molecule has 0 bridgehead atoms. The number of amides is 1. The van der Waals surface area contributed by atoms with Gasteiger partial charge in [-0.05, 0) is 24.6 Å². The molecule has 0 aliphatic rings. The van der Waals surface area contributed by atoms with Crippen LogP contribution in [0, 0.1) is 0 Å². The number of carboxylic acid groups (broad SMARTS) is 1. The number of carbonyl (C=O) groups excluding carboxylic acids is 1. The molecule has 1 atom stereocenters. The number of aromatic hydroxyl groups is 1. The summed E-state index contributed by atoms with van der Waals surface area (Å²) in [6.07, 6.45) is 0.276. The van der Waals surface area contributed by atoms with E-state index in [1.54, 1.807) is 13.0 Å². The highest BCUT2D eigenvalue weighted by molar-refractivity contribution is 9.10. The summed E-state index contributed by atoms with van der Waals surface area (Å²) in [5.41, 5.74) is 0.0490. The SMILES string of the molecule is CC[C@@H](NC(=O)c1ccc(Br)cc1O)C(=O)O. The fourth-order valence-corrected chi connectivity index (χ4v) is 1.62. The summed E-state index contributed by atoms with van der Waals surface area (Å²) in [6, 6.07) is 3.43. The lowest BCUT2D eigenvalue weighted by molar-refractivity contribution is -0.139. The minimum Gasteiger partial charge on any atom is -0.507 e. The predicted molar refractivity (Wildman–Crippen MR) is 65.0 cm³/mol. The maximum Gasteiger partial charge on any atom is 0.326 e. The summed E-state index contributed by atoms with van der Waals surface area (Å²) >= 11 is 3.15. The third kappa shape index (κ3) is 3.45. The Balaban J connectivity index is 2.86. The molecule has 0 aliphatic carbocycles. The number of nitrogens with one attached hydrogen (secondary N) is 1. The molecule has 0 fully saturated rings. The van der Waals surface area contributed by atoms with Crippen LogP contribution in [-0.2, 0) is 4.79 Å². The van der Waals surface area contributed by atoms with Crippen LogP contribution in [0.5, 0.6) is 5.75 Å². The van der Waals surface area contributed by atoms with Gasteiger partial charge in [-0.15, -0.1) is 0 Å². The van der Waals surface area contributed by atoms with E-state index >= 15 is 0 Å². The minimum atomic E-state index is -1.10. The molecule has 0 aromatic heterocycles. The average Bonchev–Trinajstić information content (AvgIpc) is 2.24. The summed E-state index contributed by atoms with van der Waals surface area (Å²) < 4.78 is 0.636. The predicted octanol–water partition coefficient (Wildman–Crippen LogP) is 1.75. The van der Waals surface area contributed by atoms with Crippen molar-refractivity contribution >= 4 is 27.8 Å². The second-order valence-electron chi connectivity index (χ2n) is 3.43. The Morgan fingerprint density at radius 3 is 2.59 bits per heavy atom. The lowest BCUT2D eigenvalue weighted by atomic mass is 10.1. The van der Waals surface area contributed by atoms with E-state index in [1.807, 2.05) is 0 Å². The number of rotatable bonds is 4. The summed E-state index contributed by atoms with van der Waals surface area (Å²) in [5, 5.41) is 20.7. The van der Waals surface area contributed by atoms with Crippen LogP contribution in [0.25, 0.3) is 0 Å². The summed E-state index contributed by atoms with van der Waals surface area (Å²) in [7, 11) is 0. The number of carboxylic acids is 1. The number of phenolic OH excluding ortho intramolecular Hbond substituents is 1. The van der Waals surface area contributed by atoms with Gasteiger partial charge < -0.3 is 15.5 Å². The molecule has 92 valence electrons. The molecule has 0 saturated heterocycles. The zero-order valence-electron chi connectivity index (χ0n) is 9.11. The van der Waals surface area contributed by atoms with Crippen molar-refractivity contribution in [1.82, 2.24) is 5.32 Å². The van der Waals surface area contributed by atoms with E-state index in [0.29, 0.717) is 4.47 Å². The lowest BCUT2D eigenvalue weighted by Crippen LogP contribution is -2.40. The van der Waals surface area contributed by atoms with Gasteiger partial charge in [-0.1, -0.05) is 22.9 Å². The Morgan fingerprint density at radius 2 is 2.12 bits per heavy atom. The van der Waals surface area contributed by atoms with Gasteiger partial charge in [-0.2, -0.15) is 0 Å². The van der Waals surface area contributed by atoms with Crippen LogP contribution in [-0.4, -0.2) is 28.1 Å². The number of carbonyl (C=O) groups is 2. The first-order valence-electron chi connectivity index (χ1n) is 4.98.